The first-order chi connectivity index (χ1) is 8.66. The number of nitrogens with zero attached hydrogens (tertiary/aromatic N) is 3. The number of carbonyl (C=O) groups is 1. The molecule has 0 radical (unpaired) electrons. The maximum Gasteiger partial charge on any atom is 0.336 e. The van der Waals surface area contributed by atoms with Gasteiger partial charge in [-0.1, -0.05) is 6.07 Å². The third kappa shape index (κ3) is 1.58. The zero-order valence-corrected chi connectivity index (χ0v) is 10.3. The molecule has 90 valence electrons. The molecule has 18 heavy (non-hydrogen) atoms. The van der Waals surface area contributed by atoms with Crippen molar-refractivity contribution in [3.8, 4) is 10.6 Å². The van der Waals surface area contributed by atoms with Gasteiger partial charge in [0.1, 0.15) is 0 Å². The van der Waals surface area contributed by atoms with E-state index in [1.165, 1.54) is 17.5 Å². The molecule has 0 aliphatic rings. The van der Waals surface area contributed by atoms with Crippen molar-refractivity contribution in [3.05, 3.63) is 35.3 Å². The summed E-state index contributed by atoms with van der Waals surface area (Å²) in [7, 11) is 1.75. The minimum Gasteiger partial charge on any atom is -0.478 e. The van der Waals surface area contributed by atoms with Crippen LogP contribution in [0.15, 0.2) is 29.8 Å². The van der Waals surface area contributed by atoms with Gasteiger partial charge in [0.05, 0.1) is 27.7 Å². The van der Waals surface area contributed by atoms with Crippen LogP contribution in [0.2, 0.25) is 0 Å². The van der Waals surface area contributed by atoms with E-state index in [1.54, 1.807) is 17.8 Å². The second-order valence-electron chi connectivity index (χ2n) is 3.84. The number of carboxylic acids is 1. The lowest BCUT2D eigenvalue weighted by atomic mass is 10.1. The Bertz CT molecular complexity index is 731. The largest absolute Gasteiger partial charge is 0.478 e. The van der Waals surface area contributed by atoms with Crippen molar-refractivity contribution in [1.29, 1.82) is 0 Å². The summed E-state index contributed by atoms with van der Waals surface area (Å²) in [4.78, 5) is 16.7. The van der Waals surface area contributed by atoms with Gasteiger partial charge in [0.25, 0.3) is 0 Å². The number of hydrogen-bond acceptors (Lipinski definition) is 4. The van der Waals surface area contributed by atoms with E-state index in [-0.39, 0.29) is 5.56 Å². The van der Waals surface area contributed by atoms with E-state index >= 15 is 0 Å². The lowest BCUT2D eigenvalue weighted by Crippen LogP contribution is -2.00. The summed E-state index contributed by atoms with van der Waals surface area (Å²) >= 11 is 1.53. The van der Waals surface area contributed by atoms with Crippen molar-refractivity contribution in [2.75, 3.05) is 0 Å². The summed E-state index contributed by atoms with van der Waals surface area (Å²) in [5, 5.41) is 15.8. The lowest BCUT2D eigenvalue weighted by Gasteiger charge is -2.02. The Balaban J connectivity index is 2.35. The third-order valence-electron chi connectivity index (χ3n) is 2.71. The van der Waals surface area contributed by atoms with Crippen molar-refractivity contribution in [2.45, 2.75) is 0 Å². The second-order valence-corrected chi connectivity index (χ2v) is 4.79. The van der Waals surface area contributed by atoms with Gasteiger partial charge < -0.3 is 5.11 Å². The molecule has 0 unspecified atom stereocenters. The van der Waals surface area contributed by atoms with E-state index in [0.29, 0.717) is 16.7 Å². The van der Waals surface area contributed by atoms with Gasteiger partial charge in [-0.15, -0.1) is 11.3 Å². The molecule has 3 rings (SSSR count). The molecule has 0 aliphatic carbocycles. The quantitative estimate of drug-likeness (QED) is 0.767. The molecule has 0 aliphatic heterocycles. The number of rotatable bonds is 2. The predicted molar refractivity (Wildman–Crippen MR) is 68.8 cm³/mol. The normalized spacial score (nSPS) is 10.9. The molecule has 0 bridgehead atoms. The SMILES string of the molecule is Cn1ncc2c(C(=O)O)cc(-c3cccs3)nc21. The first-order valence-corrected chi connectivity index (χ1v) is 6.14. The van der Waals surface area contributed by atoms with E-state index in [2.05, 4.69) is 10.1 Å². The van der Waals surface area contributed by atoms with E-state index in [4.69, 9.17) is 0 Å². The Morgan fingerprint density at radius 2 is 2.33 bits per heavy atom. The van der Waals surface area contributed by atoms with Crippen LogP contribution in [0.3, 0.4) is 0 Å². The number of pyridine rings is 1. The molecular formula is C12H9N3O2S. The number of thiophene rings is 1. The van der Waals surface area contributed by atoms with E-state index in [9.17, 15) is 9.90 Å². The van der Waals surface area contributed by atoms with Gasteiger partial charge in [-0.3, -0.25) is 4.68 Å². The molecule has 3 heterocycles. The van der Waals surface area contributed by atoms with E-state index < -0.39 is 5.97 Å². The van der Waals surface area contributed by atoms with Crippen LogP contribution in [-0.4, -0.2) is 25.8 Å². The van der Waals surface area contributed by atoms with Crippen LogP contribution in [0, 0.1) is 0 Å². The second kappa shape index (κ2) is 3.92. The monoisotopic (exact) mass is 259 g/mol. The zero-order chi connectivity index (χ0) is 12.7. The first kappa shape index (κ1) is 10.9. The Morgan fingerprint density at radius 1 is 1.50 bits per heavy atom. The number of aromatic carboxylic acids is 1. The van der Waals surface area contributed by atoms with Gasteiger partial charge in [0.15, 0.2) is 5.65 Å². The average Bonchev–Trinajstić information content (AvgIpc) is 2.98. The Morgan fingerprint density at radius 3 is 3.00 bits per heavy atom. The topological polar surface area (TPSA) is 68.0 Å². The maximum atomic E-state index is 11.3. The van der Waals surface area contributed by atoms with Crippen molar-refractivity contribution in [3.63, 3.8) is 0 Å². The third-order valence-corrected chi connectivity index (χ3v) is 3.60. The molecule has 6 heteroatoms. The number of carboxylic acid groups (broad SMARTS) is 1. The molecular weight excluding hydrogens is 250 g/mol. The van der Waals surface area contributed by atoms with Crippen LogP contribution in [-0.2, 0) is 7.05 Å². The molecule has 3 aromatic rings. The molecule has 0 amide bonds. The van der Waals surface area contributed by atoms with Crippen molar-refractivity contribution in [2.24, 2.45) is 7.05 Å². The smallest absolute Gasteiger partial charge is 0.336 e. The summed E-state index contributed by atoms with van der Waals surface area (Å²) in [6.45, 7) is 0. The van der Waals surface area contributed by atoms with Gasteiger partial charge in [0, 0.05) is 7.05 Å². The molecule has 0 atom stereocenters. The van der Waals surface area contributed by atoms with Crippen molar-refractivity contribution in [1.82, 2.24) is 14.8 Å². The van der Waals surface area contributed by atoms with Crippen LogP contribution in [0.1, 0.15) is 10.4 Å². The van der Waals surface area contributed by atoms with Crippen LogP contribution < -0.4 is 0 Å². The highest BCUT2D eigenvalue weighted by molar-refractivity contribution is 7.13. The van der Waals surface area contributed by atoms with Crippen LogP contribution in [0.4, 0.5) is 0 Å². The molecule has 0 spiro atoms. The zero-order valence-electron chi connectivity index (χ0n) is 9.49. The van der Waals surface area contributed by atoms with Crippen molar-refractivity contribution < 1.29 is 9.90 Å². The lowest BCUT2D eigenvalue weighted by molar-refractivity contribution is 0.0699. The van der Waals surface area contributed by atoms with E-state index in [0.717, 1.165) is 4.88 Å². The molecule has 0 fully saturated rings. The average molecular weight is 259 g/mol. The fourth-order valence-electron chi connectivity index (χ4n) is 1.84. The molecule has 0 saturated heterocycles. The summed E-state index contributed by atoms with van der Waals surface area (Å²) in [5.74, 6) is -0.965. The van der Waals surface area contributed by atoms with Gasteiger partial charge in [-0.25, -0.2) is 9.78 Å². The van der Waals surface area contributed by atoms with E-state index in [1.807, 2.05) is 17.5 Å². The number of hydrogen-bond donors (Lipinski definition) is 1. The van der Waals surface area contributed by atoms with Gasteiger partial charge >= 0.3 is 5.97 Å². The summed E-state index contributed by atoms with van der Waals surface area (Å²) in [6.07, 6.45) is 1.53. The number of fused-ring (bicyclic) bond motifs is 1. The summed E-state index contributed by atoms with van der Waals surface area (Å²) < 4.78 is 1.58. The van der Waals surface area contributed by atoms with Crippen LogP contribution in [0.25, 0.3) is 21.6 Å². The van der Waals surface area contributed by atoms with Crippen molar-refractivity contribution >= 4 is 28.3 Å². The highest BCUT2D eigenvalue weighted by Gasteiger charge is 2.15. The van der Waals surface area contributed by atoms with Crippen LogP contribution in [0.5, 0.6) is 0 Å². The summed E-state index contributed by atoms with van der Waals surface area (Å²) in [5.41, 5.74) is 1.48. The molecule has 3 aromatic heterocycles. The first-order valence-electron chi connectivity index (χ1n) is 5.27. The number of aromatic nitrogens is 3. The number of aryl methyl sites for hydroxylation is 1. The van der Waals surface area contributed by atoms with Gasteiger partial charge in [-0.05, 0) is 17.5 Å². The summed E-state index contributed by atoms with van der Waals surface area (Å²) in [6, 6.07) is 5.43. The van der Waals surface area contributed by atoms with Crippen LogP contribution >= 0.6 is 11.3 Å². The standard InChI is InChI=1S/C12H9N3O2S/c1-15-11-8(6-13-15)7(12(16)17)5-9(14-11)10-3-2-4-18-10/h2-6H,1H3,(H,16,17). The Hall–Kier alpha value is -2.21. The highest BCUT2D eigenvalue weighted by Crippen LogP contribution is 2.27. The fraction of sp³-hybridized carbons (Fsp3) is 0.0833. The predicted octanol–water partition coefficient (Wildman–Crippen LogP) is 2.40. The fourth-order valence-corrected chi connectivity index (χ4v) is 2.53. The molecule has 1 N–H and O–H groups in total. The van der Waals surface area contributed by atoms with Gasteiger partial charge in [0.2, 0.25) is 0 Å². The Labute approximate surface area is 106 Å². The maximum absolute atomic E-state index is 11.3. The molecule has 0 saturated carbocycles. The molecule has 5 nitrogen and oxygen atoms in total. The molecule has 0 aromatic carbocycles. The highest BCUT2D eigenvalue weighted by atomic mass is 32.1. The minimum absolute atomic E-state index is 0.233. The van der Waals surface area contributed by atoms with Gasteiger partial charge in [-0.2, -0.15) is 5.10 Å². The Kier molecular flexibility index (Phi) is 2.38. The minimum atomic E-state index is -0.965.